The van der Waals surface area contributed by atoms with Gasteiger partial charge in [0.2, 0.25) is 5.91 Å². The first-order valence-corrected chi connectivity index (χ1v) is 5.25. The van der Waals surface area contributed by atoms with Crippen molar-refractivity contribution < 1.29 is 20.1 Å². The molecule has 0 bridgehead atoms. The first kappa shape index (κ1) is 15.3. The normalized spacial score (nSPS) is 11.9. The molecule has 6 nitrogen and oxygen atoms in total. The summed E-state index contributed by atoms with van der Waals surface area (Å²) >= 11 is 0. The van der Waals surface area contributed by atoms with Gasteiger partial charge >= 0.3 is 0 Å². The highest BCUT2D eigenvalue weighted by atomic mass is 16.3. The van der Waals surface area contributed by atoms with Gasteiger partial charge in [-0.15, -0.1) is 0 Å². The number of likely N-dealkylation sites (N-methyl/N-ethyl adjacent to an activating group) is 1. The molecule has 96 valence electrons. The van der Waals surface area contributed by atoms with Crippen LogP contribution < -0.4 is 5.32 Å². The zero-order chi connectivity index (χ0) is 12.8. The molecular weight excluding hydrogens is 212 g/mol. The van der Waals surface area contributed by atoms with Gasteiger partial charge in [0, 0.05) is 13.1 Å². The fourth-order valence-corrected chi connectivity index (χ4v) is 0.994. The Kier molecular flexibility index (Phi) is 6.51. The summed E-state index contributed by atoms with van der Waals surface area (Å²) in [5.41, 5.74) is -1.20. The van der Waals surface area contributed by atoms with Crippen LogP contribution in [-0.4, -0.2) is 71.1 Å². The molecule has 0 aliphatic rings. The molecule has 6 heteroatoms. The van der Waals surface area contributed by atoms with Crippen LogP contribution in [0.25, 0.3) is 0 Å². The van der Waals surface area contributed by atoms with E-state index < -0.39 is 25.4 Å². The summed E-state index contributed by atoms with van der Waals surface area (Å²) in [5.74, 6) is -0.158. The number of rotatable bonds is 7. The number of nitrogens with zero attached hydrogens (tertiary/aromatic N) is 1. The maximum atomic E-state index is 11.6. The smallest absolute Gasteiger partial charge is 0.236 e. The third kappa shape index (κ3) is 4.05. The van der Waals surface area contributed by atoms with Crippen LogP contribution in [0, 0.1) is 0 Å². The van der Waals surface area contributed by atoms with E-state index in [2.05, 4.69) is 5.32 Å². The van der Waals surface area contributed by atoms with E-state index in [4.69, 9.17) is 15.3 Å². The Morgan fingerprint density at radius 2 is 1.69 bits per heavy atom. The van der Waals surface area contributed by atoms with Gasteiger partial charge in [0.05, 0.1) is 31.9 Å². The molecule has 0 aliphatic heterocycles. The highest BCUT2D eigenvalue weighted by Gasteiger charge is 2.28. The second kappa shape index (κ2) is 6.80. The fraction of sp³-hybridized carbons (Fsp3) is 0.900. The van der Waals surface area contributed by atoms with Crippen molar-refractivity contribution in [3.8, 4) is 0 Å². The molecule has 0 aliphatic carbocycles. The van der Waals surface area contributed by atoms with E-state index in [1.165, 1.54) is 0 Å². The van der Waals surface area contributed by atoms with Crippen molar-refractivity contribution in [3.05, 3.63) is 0 Å². The molecule has 0 spiro atoms. The van der Waals surface area contributed by atoms with E-state index >= 15 is 0 Å². The van der Waals surface area contributed by atoms with E-state index in [0.29, 0.717) is 0 Å². The van der Waals surface area contributed by atoms with Gasteiger partial charge in [-0.3, -0.25) is 10.1 Å². The Bertz CT molecular complexity index is 209. The molecule has 0 radical (unpaired) electrons. The highest BCUT2D eigenvalue weighted by Crippen LogP contribution is 2.02. The molecule has 0 unspecified atom stereocenters. The number of aliphatic hydroxyl groups is 3. The van der Waals surface area contributed by atoms with E-state index in [0.717, 1.165) is 0 Å². The molecule has 1 amide bonds. The molecule has 0 aromatic heterocycles. The Morgan fingerprint density at radius 3 is 2.00 bits per heavy atom. The predicted octanol–water partition coefficient (Wildman–Crippen LogP) is -1.84. The average Bonchev–Trinajstić information content (AvgIpc) is 2.30. The Balaban J connectivity index is 4.26. The van der Waals surface area contributed by atoms with Gasteiger partial charge < -0.3 is 20.2 Å². The largest absolute Gasteiger partial charge is 0.394 e. The topological polar surface area (TPSA) is 93.0 Å². The summed E-state index contributed by atoms with van der Waals surface area (Å²) in [4.78, 5) is 13.1. The lowest BCUT2D eigenvalue weighted by atomic mass is 10.0. The second-order valence-corrected chi connectivity index (χ2v) is 4.21. The van der Waals surface area contributed by atoms with Crippen LogP contribution >= 0.6 is 0 Å². The summed E-state index contributed by atoms with van der Waals surface area (Å²) in [6.45, 7) is 2.44. The molecule has 0 fully saturated rings. The van der Waals surface area contributed by atoms with Crippen LogP contribution in [0.2, 0.25) is 0 Å². The summed E-state index contributed by atoms with van der Waals surface area (Å²) in [5, 5.41) is 29.8. The molecular formula is C10H22N2O4. The standard InChI is InChI=1S/C10H22N2O4/c1-8(2)12(3)9(16)4-11-10(5-13,6-14)7-15/h8,11,13-15H,4-7H2,1-3H3. The minimum absolute atomic E-state index is 0.0314. The van der Waals surface area contributed by atoms with E-state index in [1.54, 1.807) is 11.9 Å². The van der Waals surface area contributed by atoms with Crippen molar-refractivity contribution >= 4 is 5.91 Å². The molecule has 4 N–H and O–H groups in total. The Hall–Kier alpha value is -0.690. The van der Waals surface area contributed by atoms with E-state index in [-0.39, 0.29) is 18.5 Å². The predicted molar refractivity (Wildman–Crippen MR) is 59.9 cm³/mol. The molecule has 0 rings (SSSR count). The first-order valence-electron chi connectivity index (χ1n) is 5.25. The number of aliphatic hydroxyl groups excluding tert-OH is 3. The van der Waals surface area contributed by atoms with Crippen molar-refractivity contribution in [1.29, 1.82) is 0 Å². The minimum atomic E-state index is -1.20. The van der Waals surface area contributed by atoms with Gasteiger partial charge in [0.1, 0.15) is 0 Å². The Morgan fingerprint density at radius 1 is 1.25 bits per heavy atom. The Labute approximate surface area is 95.9 Å². The third-order valence-corrected chi connectivity index (χ3v) is 2.69. The number of hydrogen-bond donors (Lipinski definition) is 4. The first-order chi connectivity index (χ1) is 7.42. The molecule has 0 aromatic rings. The van der Waals surface area contributed by atoms with Gasteiger partial charge in [-0.05, 0) is 13.8 Å². The molecule has 0 heterocycles. The number of carbonyl (C=O) groups excluding carboxylic acids is 1. The maximum absolute atomic E-state index is 11.6. The lowest BCUT2D eigenvalue weighted by Gasteiger charge is -2.30. The summed E-state index contributed by atoms with van der Waals surface area (Å²) < 4.78 is 0. The van der Waals surface area contributed by atoms with Crippen LogP contribution in [0.3, 0.4) is 0 Å². The van der Waals surface area contributed by atoms with Crippen molar-refractivity contribution in [2.24, 2.45) is 0 Å². The van der Waals surface area contributed by atoms with Gasteiger partial charge in [0.25, 0.3) is 0 Å². The van der Waals surface area contributed by atoms with Gasteiger partial charge in [-0.1, -0.05) is 0 Å². The number of nitrogens with one attached hydrogen (secondary N) is 1. The van der Waals surface area contributed by atoms with Gasteiger partial charge in [-0.25, -0.2) is 0 Å². The van der Waals surface area contributed by atoms with Gasteiger partial charge in [-0.2, -0.15) is 0 Å². The monoisotopic (exact) mass is 234 g/mol. The number of hydrogen-bond acceptors (Lipinski definition) is 5. The van der Waals surface area contributed by atoms with E-state index in [1.807, 2.05) is 13.8 Å². The second-order valence-electron chi connectivity index (χ2n) is 4.21. The highest BCUT2D eigenvalue weighted by molar-refractivity contribution is 5.78. The number of carbonyl (C=O) groups is 1. The quantitative estimate of drug-likeness (QED) is 0.415. The van der Waals surface area contributed by atoms with Crippen molar-refractivity contribution in [3.63, 3.8) is 0 Å². The molecule has 0 saturated carbocycles. The molecule has 16 heavy (non-hydrogen) atoms. The average molecular weight is 234 g/mol. The maximum Gasteiger partial charge on any atom is 0.236 e. The van der Waals surface area contributed by atoms with Crippen LogP contribution in [0.15, 0.2) is 0 Å². The summed E-state index contributed by atoms with van der Waals surface area (Å²) in [7, 11) is 1.67. The van der Waals surface area contributed by atoms with Crippen molar-refractivity contribution in [1.82, 2.24) is 10.2 Å². The van der Waals surface area contributed by atoms with E-state index in [9.17, 15) is 4.79 Å². The molecule has 0 aromatic carbocycles. The van der Waals surface area contributed by atoms with Crippen LogP contribution in [0.4, 0.5) is 0 Å². The fourth-order valence-electron chi connectivity index (χ4n) is 0.994. The van der Waals surface area contributed by atoms with Crippen LogP contribution in [0.5, 0.6) is 0 Å². The SMILES string of the molecule is CC(C)N(C)C(=O)CNC(CO)(CO)CO. The van der Waals surface area contributed by atoms with Crippen molar-refractivity contribution in [2.45, 2.75) is 25.4 Å². The third-order valence-electron chi connectivity index (χ3n) is 2.69. The summed E-state index contributed by atoms with van der Waals surface area (Å²) in [6, 6.07) is 0.0843. The lowest BCUT2D eigenvalue weighted by Crippen LogP contribution is -2.57. The van der Waals surface area contributed by atoms with Gasteiger partial charge in [0.15, 0.2) is 0 Å². The summed E-state index contributed by atoms with van der Waals surface area (Å²) in [6.07, 6.45) is 0. The van der Waals surface area contributed by atoms with Crippen LogP contribution in [0.1, 0.15) is 13.8 Å². The molecule has 0 saturated heterocycles. The van der Waals surface area contributed by atoms with Crippen LogP contribution in [-0.2, 0) is 4.79 Å². The van der Waals surface area contributed by atoms with Crippen molar-refractivity contribution in [2.75, 3.05) is 33.4 Å². The minimum Gasteiger partial charge on any atom is -0.394 e. The zero-order valence-corrected chi connectivity index (χ0v) is 10.1. The number of amides is 1. The lowest BCUT2D eigenvalue weighted by molar-refractivity contribution is -0.131. The zero-order valence-electron chi connectivity index (χ0n) is 10.1. The molecule has 0 atom stereocenters.